The first-order valence-electron chi connectivity index (χ1n) is 9.72. The lowest BCUT2D eigenvalue weighted by Crippen LogP contribution is -2.54. The maximum atomic E-state index is 13.8. The normalized spacial score (nSPS) is 14.8. The highest BCUT2D eigenvalue weighted by Gasteiger charge is 2.34. The molecule has 1 heterocycles. The van der Waals surface area contributed by atoms with Gasteiger partial charge in [0, 0.05) is 18.2 Å². The molecule has 6 nitrogen and oxygen atoms in total. The zero-order valence-electron chi connectivity index (χ0n) is 17.1. The summed E-state index contributed by atoms with van der Waals surface area (Å²) < 4.78 is 28.4. The fraction of sp³-hybridized carbons (Fsp3) is 0.476. The van der Waals surface area contributed by atoms with Gasteiger partial charge in [0.1, 0.15) is 6.04 Å². The first-order valence-corrected chi connectivity index (χ1v) is 9.72. The Morgan fingerprint density at radius 3 is 2.45 bits per heavy atom. The van der Waals surface area contributed by atoms with E-state index >= 15 is 0 Å². The second-order valence-corrected chi connectivity index (χ2v) is 8.38. The molecule has 1 aromatic carbocycles. The molecule has 0 spiro atoms. The lowest BCUT2D eigenvalue weighted by Gasteiger charge is -2.29. The summed E-state index contributed by atoms with van der Waals surface area (Å²) in [6.07, 6.45) is 3.19. The van der Waals surface area contributed by atoms with E-state index in [0.717, 1.165) is 36.2 Å². The van der Waals surface area contributed by atoms with E-state index in [1.54, 1.807) is 0 Å². The number of aromatic nitrogens is 2. The van der Waals surface area contributed by atoms with Gasteiger partial charge in [-0.15, -0.1) is 0 Å². The molecule has 0 saturated carbocycles. The van der Waals surface area contributed by atoms with Crippen LogP contribution in [0.4, 0.5) is 13.6 Å². The molecule has 1 aromatic heterocycles. The van der Waals surface area contributed by atoms with Crippen LogP contribution in [0.1, 0.15) is 44.9 Å². The molecule has 1 atom stereocenters. The molecule has 8 heteroatoms. The zero-order valence-corrected chi connectivity index (χ0v) is 17.1. The number of nitrogens with one attached hydrogen (secondary N) is 2. The second-order valence-electron chi connectivity index (χ2n) is 8.38. The van der Waals surface area contributed by atoms with Gasteiger partial charge in [0.05, 0.1) is 11.4 Å². The number of benzene rings is 1. The summed E-state index contributed by atoms with van der Waals surface area (Å²) in [5, 5.41) is 9.78. The SMILES string of the molecule is CNC(=O)C(NC(=O)n1nc(-c2ccc(F)c(F)c2)c2c1CCCC2)C(C)(C)C. The van der Waals surface area contributed by atoms with Crippen LogP contribution < -0.4 is 10.6 Å². The number of hydrogen-bond donors (Lipinski definition) is 2. The Labute approximate surface area is 168 Å². The van der Waals surface area contributed by atoms with E-state index in [-0.39, 0.29) is 5.91 Å². The molecular formula is C21H26F2N4O2. The molecule has 0 radical (unpaired) electrons. The van der Waals surface area contributed by atoms with Crippen molar-refractivity contribution in [2.45, 2.75) is 52.5 Å². The number of nitrogens with zero attached hydrogens (tertiary/aromatic N) is 2. The molecule has 2 amide bonds. The number of carbonyl (C=O) groups excluding carboxylic acids is 2. The Hall–Kier alpha value is -2.77. The Kier molecular flexibility index (Phi) is 5.73. The van der Waals surface area contributed by atoms with E-state index in [1.165, 1.54) is 17.8 Å². The van der Waals surface area contributed by atoms with Crippen LogP contribution in [0.25, 0.3) is 11.3 Å². The Bertz CT molecular complexity index is 947. The molecule has 156 valence electrons. The van der Waals surface area contributed by atoms with Crippen molar-refractivity contribution < 1.29 is 18.4 Å². The molecule has 29 heavy (non-hydrogen) atoms. The molecule has 1 unspecified atom stereocenters. The van der Waals surface area contributed by atoms with Crippen molar-refractivity contribution in [1.29, 1.82) is 0 Å². The number of rotatable bonds is 3. The van der Waals surface area contributed by atoms with Crippen LogP contribution >= 0.6 is 0 Å². The Morgan fingerprint density at radius 2 is 1.83 bits per heavy atom. The van der Waals surface area contributed by atoms with Gasteiger partial charge < -0.3 is 10.6 Å². The minimum atomic E-state index is -0.960. The van der Waals surface area contributed by atoms with E-state index in [0.29, 0.717) is 24.1 Å². The van der Waals surface area contributed by atoms with Gasteiger partial charge in [0.2, 0.25) is 5.91 Å². The quantitative estimate of drug-likeness (QED) is 0.823. The standard InChI is InChI=1S/C21H26F2N4O2/c1-21(2,3)18(19(28)24-4)25-20(29)27-16-8-6-5-7-13(16)17(26-27)12-9-10-14(22)15(23)11-12/h9-11,18H,5-8H2,1-4H3,(H,24,28)(H,25,29). The van der Waals surface area contributed by atoms with Gasteiger partial charge in [-0.05, 0) is 49.3 Å². The largest absolute Gasteiger partial charge is 0.357 e. The summed E-state index contributed by atoms with van der Waals surface area (Å²) in [6, 6.07) is 2.34. The molecule has 1 aliphatic carbocycles. The number of hydrogen-bond acceptors (Lipinski definition) is 3. The van der Waals surface area contributed by atoms with E-state index in [1.807, 2.05) is 20.8 Å². The monoisotopic (exact) mass is 404 g/mol. The molecule has 2 aromatic rings. The van der Waals surface area contributed by atoms with Crippen LogP contribution in [0.3, 0.4) is 0 Å². The fourth-order valence-electron chi connectivity index (χ4n) is 3.65. The molecule has 0 aliphatic heterocycles. The van der Waals surface area contributed by atoms with Crippen molar-refractivity contribution in [3.05, 3.63) is 41.1 Å². The topological polar surface area (TPSA) is 76.0 Å². The highest BCUT2D eigenvalue weighted by molar-refractivity contribution is 5.88. The molecule has 0 fully saturated rings. The van der Waals surface area contributed by atoms with Crippen LogP contribution in [0.15, 0.2) is 18.2 Å². The number of amides is 2. The third kappa shape index (κ3) is 4.16. The van der Waals surface area contributed by atoms with Crippen molar-refractivity contribution >= 4 is 11.9 Å². The summed E-state index contributed by atoms with van der Waals surface area (Å²) in [6.45, 7) is 5.58. The molecule has 1 aliphatic rings. The zero-order chi connectivity index (χ0) is 21.3. The Balaban J connectivity index is 2.01. The Morgan fingerprint density at radius 1 is 1.14 bits per heavy atom. The van der Waals surface area contributed by atoms with Gasteiger partial charge in [0.15, 0.2) is 11.6 Å². The number of fused-ring (bicyclic) bond motifs is 1. The average molecular weight is 404 g/mol. The third-order valence-corrected chi connectivity index (χ3v) is 5.21. The van der Waals surface area contributed by atoms with E-state index < -0.39 is 29.1 Å². The van der Waals surface area contributed by atoms with Gasteiger partial charge in [-0.3, -0.25) is 4.79 Å². The van der Waals surface area contributed by atoms with Gasteiger partial charge >= 0.3 is 6.03 Å². The first-order chi connectivity index (χ1) is 13.6. The molecular weight excluding hydrogens is 378 g/mol. The lowest BCUT2D eigenvalue weighted by molar-refractivity contribution is -0.124. The highest BCUT2D eigenvalue weighted by atomic mass is 19.2. The third-order valence-electron chi connectivity index (χ3n) is 5.21. The maximum Gasteiger partial charge on any atom is 0.343 e. The minimum Gasteiger partial charge on any atom is -0.357 e. The van der Waals surface area contributed by atoms with Crippen LogP contribution in [0.5, 0.6) is 0 Å². The van der Waals surface area contributed by atoms with E-state index in [2.05, 4.69) is 15.7 Å². The van der Waals surface area contributed by atoms with Crippen LogP contribution in [0.2, 0.25) is 0 Å². The number of carbonyl (C=O) groups is 2. The first kappa shape index (κ1) is 21.0. The molecule has 2 N–H and O–H groups in total. The van der Waals surface area contributed by atoms with E-state index in [9.17, 15) is 18.4 Å². The summed E-state index contributed by atoms with van der Waals surface area (Å²) in [5.41, 5.74) is 2.00. The molecule has 3 rings (SSSR count). The number of halogens is 2. The molecule has 0 bridgehead atoms. The van der Waals surface area contributed by atoms with Crippen molar-refractivity contribution in [1.82, 2.24) is 20.4 Å². The van der Waals surface area contributed by atoms with Crippen LogP contribution in [-0.4, -0.2) is 34.8 Å². The lowest BCUT2D eigenvalue weighted by atomic mass is 9.86. The number of likely N-dealkylation sites (N-methyl/N-ethyl adjacent to an activating group) is 1. The van der Waals surface area contributed by atoms with Gasteiger partial charge in [0.25, 0.3) is 0 Å². The van der Waals surface area contributed by atoms with Crippen LogP contribution in [-0.2, 0) is 17.6 Å². The summed E-state index contributed by atoms with van der Waals surface area (Å²) in [7, 11) is 1.52. The predicted octanol–water partition coefficient (Wildman–Crippen LogP) is 3.43. The summed E-state index contributed by atoms with van der Waals surface area (Å²) in [5.74, 6) is -2.19. The van der Waals surface area contributed by atoms with E-state index in [4.69, 9.17) is 0 Å². The predicted molar refractivity (Wildman–Crippen MR) is 105 cm³/mol. The van der Waals surface area contributed by atoms with Crippen molar-refractivity contribution in [3.63, 3.8) is 0 Å². The van der Waals surface area contributed by atoms with Gasteiger partial charge in [-0.2, -0.15) is 9.78 Å². The smallest absolute Gasteiger partial charge is 0.343 e. The summed E-state index contributed by atoms with van der Waals surface area (Å²) >= 11 is 0. The van der Waals surface area contributed by atoms with Crippen molar-refractivity contribution in [2.75, 3.05) is 7.05 Å². The maximum absolute atomic E-state index is 13.8. The molecule has 0 saturated heterocycles. The van der Waals surface area contributed by atoms with Crippen molar-refractivity contribution in [2.24, 2.45) is 5.41 Å². The van der Waals surface area contributed by atoms with Crippen LogP contribution in [0, 0.1) is 17.0 Å². The summed E-state index contributed by atoms with van der Waals surface area (Å²) in [4.78, 5) is 25.3. The average Bonchev–Trinajstić information content (AvgIpc) is 3.06. The van der Waals surface area contributed by atoms with Gasteiger partial charge in [-0.1, -0.05) is 20.8 Å². The fourth-order valence-corrected chi connectivity index (χ4v) is 3.65. The second kappa shape index (κ2) is 7.93. The van der Waals surface area contributed by atoms with Gasteiger partial charge in [-0.25, -0.2) is 13.6 Å². The van der Waals surface area contributed by atoms with Crippen molar-refractivity contribution in [3.8, 4) is 11.3 Å². The highest BCUT2D eigenvalue weighted by Crippen LogP contribution is 2.32. The minimum absolute atomic E-state index is 0.298.